The molecule has 0 aromatic carbocycles. The fourth-order valence-corrected chi connectivity index (χ4v) is 1.80. The highest BCUT2D eigenvalue weighted by Crippen LogP contribution is 2.31. The van der Waals surface area contributed by atoms with Gasteiger partial charge in [-0.15, -0.1) is 0 Å². The van der Waals surface area contributed by atoms with Crippen molar-refractivity contribution in [1.82, 2.24) is 4.98 Å². The molecule has 0 spiro atoms. The van der Waals surface area contributed by atoms with Gasteiger partial charge in [-0.3, -0.25) is 0 Å². The first-order valence-corrected chi connectivity index (χ1v) is 5.50. The van der Waals surface area contributed by atoms with E-state index in [4.69, 9.17) is 18.0 Å². The number of hydrogen-bond donors (Lipinski definition) is 1. The normalized spacial score (nSPS) is 15.1. The summed E-state index contributed by atoms with van der Waals surface area (Å²) >= 11 is 5.03. The van der Waals surface area contributed by atoms with Crippen molar-refractivity contribution < 1.29 is 0 Å². The van der Waals surface area contributed by atoms with Crippen LogP contribution in [0.5, 0.6) is 0 Å². The molecule has 4 heteroatoms. The molecule has 1 aliphatic carbocycles. The lowest BCUT2D eigenvalue weighted by molar-refractivity contribution is 0.885. The van der Waals surface area contributed by atoms with Crippen molar-refractivity contribution in [3.63, 3.8) is 0 Å². The van der Waals surface area contributed by atoms with Gasteiger partial charge in [0.2, 0.25) is 0 Å². The summed E-state index contributed by atoms with van der Waals surface area (Å²) < 4.78 is 0. The summed E-state index contributed by atoms with van der Waals surface area (Å²) in [6.07, 6.45) is 2.48. The predicted molar refractivity (Wildman–Crippen MR) is 66.3 cm³/mol. The van der Waals surface area contributed by atoms with E-state index in [0.29, 0.717) is 11.0 Å². The number of thiocarbonyl (C=S) groups is 1. The van der Waals surface area contributed by atoms with Crippen molar-refractivity contribution in [2.45, 2.75) is 25.8 Å². The van der Waals surface area contributed by atoms with Crippen LogP contribution in [0.1, 0.15) is 24.1 Å². The number of nitrogens with two attached hydrogens (primary N) is 1. The van der Waals surface area contributed by atoms with Gasteiger partial charge in [-0.05, 0) is 31.9 Å². The minimum Gasteiger partial charge on any atom is -0.389 e. The fourth-order valence-electron chi connectivity index (χ4n) is 1.64. The van der Waals surface area contributed by atoms with Gasteiger partial charge in [-0.1, -0.05) is 12.2 Å². The first-order valence-electron chi connectivity index (χ1n) is 5.10. The average molecular weight is 221 g/mol. The zero-order valence-electron chi connectivity index (χ0n) is 9.03. The van der Waals surface area contributed by atoms with Crippen LogP contribution in [0.3, 0.4) is 0 Å². The zero-order valence-corrected chi connectivity index (χ0v) is 9.84. The Morgan fingerprint density at radius 3 is 2.73 bits per heavy atom. The maximum Gasteiger partial charge on any atom is 0.139 e. The van der Waals surface area contributed by atoms with E-state index in [1.807, 2.05) is 19.1 Å². The van der Waals surface area contributed by atoms with Gasteiger partial charge in [0.25, 0.3) is 0 Å². The molecule has 0 aliphatic heterocycles. The molecule has 3 nitrogen and oxygen atoms in total. The molecule has 0 atom stereocenters. The number of aromatic nitrogens is 1. The van der Waals surface area contributed by atoms with Crippen molar-refractivity contribution in [3.8, 4) is 0 Å². The van der Waals surface area contributed by atoms with Gasteiger partial charge < -0.3 is 10.6 Å². The Hall–Kier alpha value is -1.16. The van der Waals surface area contributed by atoms with E-state index in [1.54, 1.807) is 0 Å². The smallest absolute Gasteiger partial charge is 0.139 e. The summed E-state index contributed by atoms with van der Waals surface area (Å²) in [5, 5.41) is 0. The summed E-state index contributed by atoms with van der Waals surface area (Å²) in [6, 6.07) is 4.52. The highest BCUT2D eigenvalue weighted by atomic mass is 32.1. The molecule has 1 fully saturated rings. The number of hydrogen-bond acceptors (Lipinski definition) is 3. The largest absolute Gasteiger partial charge is 0.389 e. The molecule has 0 radical (unpaired) electrons. The molecule has 15 heavy (non-hydrogen) atoms. The monoisotopic (exact) mass is 221 g/mol. The highest BCUT2D eigenvalue weighted by Gasteiger charge is 2.28. The SMILES string of the molecule is Cc1ccc(C(N)=S)c(N(C)C2CC2)n1. The van der Waals surface area contributed by atoms with Crippen molar-refractivity contribution >= 4 is 23.0 Å². The molecule has 0 bridgehead atoms. The van der Waals surface area contributed by atoms with Crippen LogP contribution in [0.25, 0.3) is 0 Å². The second-order valence-electron chi connectivity index (χ2n) is 4.03. The molecule has 2 N–H and O–H groups in total. The van der Waals surface area contributed by atoms with Gasteiger partial charge in [0.15, 0.2) is 0 Å². The summed E-state index contributed by atoms with van der Waals surface area (Å²) in [5.74, 6) is 0.921. The Labute approximate surface area is 95.3 Å². The van der Waals surface area contributed by atoms with Crippen LogP contribution in [0.2, 0.25) is 0 Å². The molecule has 1 aliphatic rings. The van der Waals surface area contributed by atoms with Crippen LogP contribution < -0.4 is 10.6 Å². The topological polar surface area (TPSA) is 42.1 Å². The van der Waals surface area contributed by atoms with Gasteiger partial charge in [0.05, 0.1) is 5.56 Å². The lowest BCUT2D eigenvalue weighted by Gasteiger charge is -2.20. The molecular weight excluding hydrogens is 206 g/mol. The number of rotatable bonds is 3. The van der Waals surface area contributed by atoms with E-state index < -0.39 is 0 Å². The Balaban J connectivity index is 2.41. The van der Waals surface area contributed by atoms with Crippen molar-refractivity contribution in [1.29, 1.82) is 0 Å². The summed E-state index contributed by atoms with van der Waals surface area (Å²) in [6.45, 7) is 1.98. The van der Waals surface area contributed by atoms with Crippen LogP contribution >= 0.6 is 12.2 Å². The molecule has 1 saturated carbocycles. The van der Waals surface area contributed by atoms with E-state index in [2.05, 4.69) is 16.9 Å². The third-order valence-electron chi connectivity index (χ3n) is 2.71. The lowest BCUT2D eigenvalue weighted by atomic mass is 10.2. The maximum absolute atomic E-state index is 5.69. The number of nitrogens with zero attached hydrogens (tertiary/aromatic N) is 2. The van der Waals surface area contributed by atoms with Gasteiger partial charge in [-0.2, -0.15) is 0 Å². The Morgan fingerprint density at radius 1 is 1.53 bits per heavy atom. The zero-order chi connectivity index (χ0) is 11.0. The van der Waals surface area contributed by atoms with Crippen molar-refractivity contribution in [3.05, 3.63) is 23.4 Å². The van der Waals surface area contributed by atoms with Crippen LogP contribution in [-0.4, -0.2) is 23.1 Å². The summed E-state index contributed by atoms with van der Waals surface area (Å²) in [4.78, 5) is 7.12. The average Bonchev–Trinajstić information content (AvgIpc) is 2.99. The number of anilines is 1. The first-order chi connectivity index (χ1) is 7.09. The van der Waals surface area contributed by atoms with Gasteiger partial charge in [-0.25, -0.2) is 4.98 Å². The fraction of sp³-hybridized carbons (Fsp3) is 0.455. The molecule has 80 valence electrons. The van der Waals surface area contributed by atoms with Crippen LogP contribution in [-0.2, 0) is 0 Å². The quantitative estimate of drug-likeness (QED) is 0.788. The minimum atomic E-state index is 0.421. The summed E-state index contributed by atoms with van der Waals surface area (Å²) in [5.41, 5.74) is 7.57. The highest BCUT2D eigenvalue weighted by molar-refractivity contribution is 7.80. The summed E-state index contributed by atoms with van der Waals surface area (Å²) in [7, 11) is 2.06. The molecule has 1 aromatic heterocycles. The van der Waals surface area contributed by atoms with Crippen molar-refractivity contribution in [2.24, 2.45) is 5.73 Å². The minimum absolute atomic E-state index is 0.421. The number of pyridine rings is 1. The molecule has 0 saturated heterocycles. The third-order valence-corrected chi connectivity index (χ3v) is 2.93. The second-order valence-corrected chi connectivity index (χ2v) is 4.47. The second kappa shape index (κ2) is 3.77. The van der Waals surface area contributed by atoms with Crippen molar-refractivity contribution in [2.75, 3.05) is 11.9 Å². The third kappa shape index (κ3) is 2.09. The molecule has 0 unspecified atom stereocenters. The van der Waals surface area contributed by atoms with Gasteiger partial charge in [0, 0.05) is 18.8 Å². The Kier molecular flexibility index (Phi) is 2.61. The van der Waals surface area contributed by atoms with Crippen LogP contribution in [0, 0.1) is 6.92 Å². The van der Waals surface area contributed by atoms with E-state index >= 15 is 0 Å². The van der Waals surface area contributed by atoms with E-state index in [1.165, 1.54) is 12.8 Å². The predicted octanol–water partition coefficient (Wildman–Crippen LogP) is 1.62. The van der Waals surface area contributed by atoms with E-state index in [-0.39, 0.29) is 0 Å². The Morgan fingerprint density at radius 2 is 2.20 bits per heavy atom. The van der Waals surface area contributed by atoms with E-state index in [0.717, 1.165) is 17.1 Å². The maximum atomic E-state index is 5.69. The molecule has 1 aromatic rings. The molecule has 1 heterocycles. The Bertz CT molecular complexity index is 399. The molecule has 0 amide bonds. The van der Waals surface area contributed by atoms with Crippen LogP contribution in [0.4, 0.5) is 5.82 Å². The number of aryl methyl sites for hydroxylation is 1. The molecular formula is C11H15N3S. The van der Waals surface area contributed by atoms with Crippen LogP contribution in [0.15, 0.2) is 12.1 Å². The lowest BCUT2D eigenvalue weighted by Crippen LogP contribution is -2.25. The first kappa shape index (κ1) is 10.4. The molecule has 2 rings (SSSR count). The standard InChI is InChI=1S/C11H15N3S/c1-7-3-6-9(10(12)15)11(13-7)14(2)8-4-5-8/h3,6,8H,4-5H2,1-2H3,(H2,12,15). The van der Waals surface area contributed by atoms with Gasteiger partial charge >= 0.3 is 0 Å². The van der Waals surface area contributed by atoms with E-state index in [9.17, 15) is 0 Å². The van der Waals surface area contributed by atoms with Gasteiger partial charge in [0.1, 0.15) is 10.8 Å².